The molecule has 9 heteroatoms. The molecule has 2 aromatic rings. The van der Waals surface area contributed by atoms with E-state index < -0.39 is 43.3 Å². The third-order valence-electron chi connectivity index (χ3n) is 4.69. The first-order chi connectivity index (χ1) is 13.7. The van der Waals surface area contributed by atoms with Gasteiger partial charge in [-0.2, -0.15) is 10.5 Å². The second kappa shape index (κ2) is 7.72. The lowest BCUT2D eigenvalue weighted by Gasteiger charge is -2.19. The lowest BCUT2D eigenvalue weighted by molar-refractivity contribution is -0.131. The minimum absolute atomic E-state index is 0.295. The summed E-state index contributed by atoms with van der Waals surface area (Å²) < 4.78 is 28.7. The molecule has 1 fully saturated rings. The van der Waals surface area contributed by atoms with Gasteiger partial charge in [0.1, 0.15) is 6.04 Å². The van der Waals surface area contributed by atoms with Crippen molar-refractivity contribution in [2.24, 2.45) is 0 Å². The molecule has 0 radical (unpaired) electrons. The van der Waals surface area contributed by atoms with E-state index in [1.165, 1.54) is 0 Å². The number of hydrogen-bond acceptors (Lipinski definition) is 4. The van der Waals surface area contributed by atoms with Gasteiger partial charge < -0.3 is 14.8 Å². The van der Waals surface area contributed by atoms with Gasteiger partial charge in [0, 0.05) is 24.0 Å². The van der Waals surface area contributed by atoms with Crippen molar-refractivity contribution < 1.29 is 18.4 Å². The first kappa shape index (κ1) is 20.0. The molecule has 1 N–H and O–H groups in total. The number of carbonyl (C=O) groups is 2. The van der Waals surface area contributed by atoms with Crippen LogP contribution in [0.5, 0.6) is 0 Å². The van der Waals surface area contributed by atoms with Crippen LogP contribution < -0.4 is 5.32 Å². The van der Waals surface area contributed by atoms with Crippen LogP contribution in [-0.2, 0) is 4.79 Å². The lowest BCUT2D eigenvalue weighted by atomic mass is 10.2. The zero-order valence-corrected chi connectivity index (χ0v) is 15.5. The number of carbonyl (C=O) groups excluding carboxylic acids is 2. The Morgan fingerprint density at radius 1 is 1.28 bits per heavy atom. The number of halogens is 2. The molecule has 1 aliphatic rings. The fraction of sp³-hybridized carbons (Fsp3) is 0.300. The average molecular weight is 397 g/mol. The Bertz CT molecular complexity index is 1030. The fourth-order valence-corrected chi connectivity index (χ4v) is 3.23. The first-order valence-corrected chi connectivity index (χ1v) is 8.79. The number of likely N-dealkylation sites (tertiary alicyclic amines) is 1. The molecule has 7 nitrogen and oxygen atoms in total. The summed E-state index contributed by atoms with van der Waals surface area (Å²) in [7, 11) is 0. The van der Waals surface area contributed by atoms with Crippen LogP contribution in [0.2, 0.25) is 0 Å². The monoisotopic (exact) mass is 397 g/mol. The summed E-state index contributed by atoms with van der Waals surface area (Å²) in [6.45, 7) is 0.492. The van der Waals surface area contributed by atoms with Crippen LogP contribution in [-0.4, -0.2) is 46.3 Å². The Kier molecular flexibility index (Phi) is 5.33. The molecule has 1 aromatic carbocycles. The molecule has 1 aromatic heterocycles. The van der Waals surface area contributed by atoms with E-state index in [9.17, 15) is 18.4 Å². The van der Waals surface area contributed by atoms with Gasteiger partial charge >= 0.3 is 0 Å². The fourth-order valence-electron chi connectivity index (χ4n) is 3.23. The Hall–Kier alpha value is -3.72. The number of nitrogens with one attached hydrogen (secondary N) is 1. The Morgan fingerprint density at radius 3 is 2.59 bits per heavy atom. The molecule has 1 saturated heterocycles. The number of amides is 2. The normalized spacial score (nSPS) is 17.4. The third-order valence-corrected chi connectivity index (χ3v) is 4.69. The van der Waals surface area contributed by atoms with E-state index in [1.54, 1.807) is 54.1 Å². The second-order valence-corrected chi connectivity index (χ2v) is 6.81. The van der Waals surface area contributed by atoms with Crippen LogP contribution in [0, 0.1) is 29.6 Å². The molecule has 148 valence electrons. The molecule has 0 spiro atoms. The van der Waals surface area contributed by atoms with Crippen LogP contribution in [0.3, 0.4) is 0 Å². The van der Waals surface area contributed by atoms with Gasteiger partial charge in [-0.3, -0.25) is 9.59 Å². The summed E-state index contributed by atoms with van der Waals surface area (Å²) in [4.78, 5) is 25.4. The van der Waals surface area contributed by atoms with Crippen LogP contribution >= 0.6 is 0 Å². The van der Waals surface area contributed by atoms with Gasteiger partial charge in [-0.25, -0.2) is 8.78 Å². The lowest BCUT2D eigenvalue weighted by Crippen LogP contribution is -2.42. The SMILES string of the molecule is Cc1cc(C(=O)NCC(=O)N2CC(F)(F)C[C@H]2C#N)cn1-c1ccc(C#N)cc1. The predicted molar refractivity (Wildman–Crippen MR) is 98.2 cm³/mol. The summed E-state index contributed by atoms with van der Waals surface area (Å²) in [6, 6.07) is 11.0. The van der Waals surface area contributed by atoms with Crippen molar-refractivity contribution in [1.82, 2.24) is 14.8 Å². The molecule has 1 aliphatic heterocycles. The topological polar surface area (TPSA) is 102 Å². The summed E-state index contributed by atoms with van der Waals surface area (Å²) in [6.07, 6.45) is 0.883. The van der Waals surface area contributed by atoms with Crippen LogP contribution in [0.15, 0.2) is 36.5 Å². The van der Waals surface area contributed by atoms with E-state index in [-0.39, 0.29) is 0 Å². The number of nitrogens with zero attached hydrogens (tertiary/aromatic N) is 4. The summed E-state index contributed by atoms with van der Waals surface area (Å²) in [5.41, 5.74) is 2.32. The second-order valence-electron chi connectivity index (χ2n) is 6.81. The largest absolute Gasteiger partial charge is 0.343 e. The Morgan fingerprint density at radius 2 is 1.97 bits per heavy atom. The first-order valence-electron chi connectivity index (χ1n) is 8.79. The zero-order valence-electron chi connectivity index (χ0n) is 15.5. The number of nitriles is 2. The molecule has 0 aliphatic carbocycles. The average Bonchev–Trinajstić information content (AvgIpc) is 3.25. The number of benzene rings is 1. The summed E-state index contributed by atoms with van der Waals surface area (Å²) in [5, 5.41) is 20.3. The standard InChI is InChI=1S/C20H17F2N5O2/c1-13-6-15(11-26(13)16-4-2-14(8-23)3-5-16)19(29)25-10-18(28)27-12-20(21,22)7-17(27)9-24/h2-6,11,17H,7,10,12H2,1H3,(H,25,29)/t17-/m0/s1. The Labute approximate surface area is 165 Å². The molecule has 1 atom stereocenters. The molecule has 2 heterocycles. The molecule has 2 amide bonds. The third kappa shape index (κ3) is 4.25. The van der Waals surface area contributed by atoms with Crippen molar-refractivity contribution in [3.8, 4) is 17.8 Å². The maximum Gasteiger partial charge on any atom is 0.268 e. The van der Waals surface area contributed by atoms with E-state index in [2.05, 4.69) is 5.32 Å². The minimum atomic E-state index is -3.10. The molecule has 3 rings (SSSR count). The number of hydrogen-bond donors (Lipinski definition) is 1. The van der Waals surface area contributed by atoms with Crippen molar-refractivity contribution in [2.75, 3.05) is 13.1 Å². The van der Waals surface area contributed by atoms with E-state index in [0.717, 1.165) is 16.3 Å². The smallest absolute Gasteiger partial charge is 0.268 e. The Balaban J connectivity index is 1.66. The minimum Gasteiger partial charge on any atom is -0.343 e. The molecule has 0 saturated carbocycles. The summed E-state index contributed by atoms with van der Waals surface area (Å²) in [5.74, 6) is -4.37. The van der Waals surface area contributed by atoms with Crippen molar-refractivity contribution in [1.29, 1.82) is 10.5 Å². The van der Waals surface area contributed by atoms with Gasteiger partial charge in [0.05, 0.1) is 36.4 Å². The van der Waals surface area contributed by atoms with E-state index in [0.29, 0.717) is 11.1 Å². The van der Waals surface area contributed by atoms with Gasteiger partial charge in [0.25, 0.3) is 11.8 Å². The van der Waals surface area contributed by atoms with Crippen molar-refractivity contribution in [3.63, 3.8) is 0 Å². The number of alkyl halides is 2. The molecule has 29 heavy (non-hydrogen) atoms. The summed E-state index contributed by atoms with van der Waals surface area (Å²) >= 11 is 0. The van der Waals surface area contributed by atoms with Crippen LogP contribution in [0.1, 0.15) is 28.0 Å². The molecule has 0 unspecified atom stereocenters. The maximum absolute atomic E-state index is 13.5. The zero-order chi connectivity index (χ0) is 21.2. The predicted octanol–water partition coefficient (Wildman–Crippen LogP) is 2.15. The highest BCUT2D eigenvalue weighted by Gasteiger charge is 2.47. The van der Waals surface area contributed by atoms with Crippen molar-refractivity contribution in [2.45, 2.75) is 25.3 Å². The van der Waals surface area contributed by atoms with Crippen molar-refractivity contribution >= 4 is 11.8 Å². The van der Waals surface area contributed by atoms with Crippen molar-refractivity contribution in [3.05, 3.63) is 53.3 Å². The van der Waals surface area contributed by atoms with Gasteiger partial charge in [-0.15, -0.1) is 0 Å². The molecule has 0 bridgehead atoms. The number of rotatable bonds is 4. The number of aromatic nitrogens is 1. The maximum atomic E-state index is 13.5. The van der Waals surface area contributed by atoms with E-state index >= 15 is 0 Å². The van der Waals surface area contributed by atoms with E-state index in [1.807, 2.05) is 6.07 Å². The van der Waals surface area contributed by atoms with Crippen LogP contribution in [0.25, 0.3) is 5.69 Å². The van der Waals surface area contributed by atoms with Gasteiger partial charge in [0.15, 0.2) is 0 Å². The molecular weight excluding hydrogens is 380 g/mol. The van der Waals surface area contributed by atoms with E-state index in [4.69, 9.17) is 10.5 Å². The van der Waals surface area contributed by atoms with Gasteiger partial charge in [0.2, 0.25) is 5.91 Å². The van der Waals surface area contributed by atoms with Gasteiger partial charge in [-0.1, -0.05) is 0 Å². The quantitative estimate of drug-likeness (QED) is 0.854. The number of aryl methyl sites for hydroxylation is 1. The highest BCUT2D eigenvalue weighted by Crippen LogP contribution is 2.31. The molecular formula is C20H17F2N5O2. The highest BCUT2D eigenvalue weighted by molar-refractivity contribution is 5.96. The van der Waals surface area contributed by atoms with Gasteiger partial charge in [-0.05, 0) is 37.3 Å². The highest BCUT2D eigenvalue weighted by atomic mass is 19.3. The van der Waals surface area contributed by atoms with Crippen LogP contribution in [0.4, 0.5) is 8.78 Å².